The van der Waals surface area contributed by atoms with Crippen LogP contribution in [-0.2, 0) is 0 Å². The van der Waals surface area contributed by atoms with E-state index < -0.39 is 5.97 Å². The Morgan fingerprint density at radius 2 is 2.29 bits per heavy atom. The molecule has 1 aromatic carbocycles. The number of likely N-dealkylation sites (N-methyl/N-ethyl adjacent to an activating group) is 1. The van der Waals surface area contributed by atoms with Crippen molar-refractivity contribution in [3.8, 4) is 0 Å². The first-order valence-corrected chi connectivity index (χ1v) is 4.68. The molecular weight excluding hydrogens is 178 g/mol. The maximum atomic E-state index is 11.0. The molecule has 1 N–H and O–H groups in total. The Morgan fingerprint density at radius 1 is 1.57 bits per heavy atom. The zero-order chi connectivity index (χ0) is 10.3. The summed E-state index contributed by atoms with van der Waals surface area (Å²) in [6.45, 7) is 3.02. The number of carboxylic acids is 1. The minimum Gasteiger partial charge on any atom is -0.478 e. The summed E-state index contributed by atoms with van der Waals surface area (Å²) in [6, 6.07) is 5.49. The van der Waals surface area contributed by atoms with E-state index >= 15 is 0 Å². The minimum atomic E-state index is -0.845. The summed E-state index contributed by atoms with van der Waals surface area (Å²) in [4.78, 5) is 13.0. The molecule has 0 radical (unpaired) electrons. The zero-order valence-corrected chi connectivity index (χ0v) is 8.32. The van der Waals surface area contributed by atoms with Crippen LogP contribution in [0.5, 0.6) is 0 Å². The molecule has 74 valence electrons. The predicted molar refractivity (Wildman–Crippen MR) is 55.1 cm³/mol. The van der Waals surface area contributed by atoms with Crippen molar-refractivity contribution in [1.29, 1.82) is 0 Å². The van der Waals surface area contributed by atoms with Crippen molar-refractivity contribution in [3.05, 3.63) is 29.3 Å². The van der Waals surface area contributed by atoms with Gasteiger partial charge in [-0.1, -0.05) is 19.1 Å². The van der Waals surface area contributed by atoms with Crippen molar-refractivity contribution in [1.82, 2.24) is 0 Å². The number of hydrogen-bond donors (Lipinski definition) is 1. The third kappa shape index (κ3) is 1.16. The van der Waals surface area contributed by atoms with Gasteiger partial charge >= 0.3 is 5.97 Å². The van der Waals surface area contributed by atoms with E-state index in [1.54, 1.807) is 6.07 Å². The van der Waals surface area contributed by atoms with Crippen molar-refractivity contribution in [3.63, 3.8) is 0 Å². The van der Waals surface area contributed by atoms with Gasteiger partial charge in [0.1, 0.15) is 0 Å². The highest BCUT2D eigenvalue weighted by Gasteiger charge is 2.27. The first kappa shape index (κ1) is 9.06. The quantitative estimate of drug-likeness (QED) is 0.737. The highest BCUT2D eigenvalue weighted by molar-refractivity contribution is 5.96. The van der Waals surface area contributed by atoms with Crippen LogP contribution < -0.4 is 4.90 Å². The summed E-state index contributed by atoms with van der Waals surface area (Å²) in [6.07, 6.45) is 0. The third-order valence-corrected chi connectivity index (χ3v) is 2.76. The highest BCUT2D eigenvalue weighted by atomic mass is 16.4. The van der Waals surface area contributed by atoms with E-state index in [0.717, 1.165) is 17.8 Å². The maximum absolute atomic E-state index is 11.0. The van der Waals surface area contributed by atoms with Gasteiger partial charge in [0.15, 0.2) is 0 Å². The van der Waals surface area contributed by atoms with E-state index in [1.807, 2.05) is 24.1 Å². The average molecular weight is 191 g/mol. The molecule has 1 heterocycles. The lowest BCUT2D eigenvalue weighted by atomic mass is 10.0. The smallest absolute Gasteiger partial charge is 0.337 e. The van der Waals surface area contributed by atoms with Gasteiger partial charge in [0.05, 0.1) is 11.3 Å². The first-order valence-electron chi connectivity index (χ1n) is 4.68. The number of aromatic carboxylic acids is 1. The number of para-hydroxylation sites is 1. The van der Waals surface area contributed by atoms with Gasteiger partial charge < -0.3 is 10.0 Å². The van der Waals surface area contributed by atoms with Gasteiger partial charge in [-0.25, -0.2) is 4.79 Å². The molecule has 2 rings (SSSR count). The molecular formula is C11H13NO2. The van der Waals surface area contributed by atoms with E-state index in [0.29, 0.717) is 11.5 Å². The molecule has 1 atom stereocenters. The lowest BCUT2D eigenvalue weighted by molar-refractivity contribution is 0.0697. The summed E-state index contributed by atoms with van der Waals surface area (Å²) in [5.74, 6) is -0.419. The topological polar surface area (TPSA) is 40.5 Å². The van der Waals surface area contributed by atoms with Crippen molar-refractivity contribution in [2.24, 2.45) is 0 Å². The number of anilines is 1. The highest BCUT2D eigenvalue weighted by Crippen LogP contribution is 2.37. The standard InChI is InChI=1S/C11H13NO2/c1-7-6-12(2)10-8(7)4-3-5-9(10)11(13)14/h3-5,7H,6H2,1-2H3,(H,13,14). The van der Waals surface area contributed by atoms with Gasteiger partial charge in [-0.05, 0) is 11.6 Å². The Morgan fingerprint density at radius 3 is 2.93 bits per heavy atom. The molecule has 1 aliphatic rings. The maximum Gasteiger partial charge on any atom is 0.337 e. The second kappa shape index (κ2) is 3.01. The van der Waals surface area contributed by atoms with Crippen LogP contribution in [0, 0.1) is 0 Å². The molecule has 0 saturated heterocycles. The molecule has 1 unspecified atom stereocenters. The minimum absolute atomic E-state index is 0.411. The summed E-state index contributed by atoms with van der Waals surface area (Å²) in [5, 5.41) is 9.03. The largest absolute Gasteiger partial charge is 0.478 e. The molecule has 3 heteroatoms. The van der Waals surface area contributed by atoms with Crippen LogP contribution in [0.4, 0.5) is 5.69 Å². The number of rotatable bonds is 1. The summed E-state index contributed by atoms with van der Waals surface area (Å²) in [5.41, 5.74) is 2.44. The number of benzene rings is 1. The molecule has 1 aliphatic heterocycles. The number of nitrogens with zero attached hydrogens (tertiary/aromatic N) is 1. The number of carboxylic acid groups (broad SMARTS) is 1. The van der Waals surface area contributed by atoms with E-state index in [9.17, 15) is 4.79 Å². The number of hydrogen-bond acceptors (Lipinski definition) is 2. The molecule has 0 amide bonds. The SMILES string of the molecule is CC1CN(C)c2c(C(=O)O)cccc21. The molecule has 0 fully saturated rings. The molecule has 0 spiro atoms. The Balaban J connectivity index is 2.62. The first-order chi connectivity index (χ1) is 6.61. The molecule has 0 aliphatic carbocycles. The third-order valence-electron chi connectivity index (χ3n) is 2.76. The van der Waals surface area contributed by atoms with Crippen LogP contribution in [0.15, 0.2) is 18.2 Å². The van der Waals surface area contributed by atoms with Crippen molar-refractivity contribution < 1.29 is 9.90 Å². The fourth-order valence-electron chi connectivity index (χ4n) is 2.16. The fourth-order valence-corrected chi connectivity index (χ4v) is 2.16. The van der Waals surface area contributed by atoms with Crippen molar-refractivity contribution in [2.45, 2.75) is 12.8 Å². The Bertz CT molecular complexity index is 387. The van der Waals surface area contributed by atoms with Gasteiger partial charge in [0, 0.05) is 19.5 Å². The Labute approximate surface area is 83.0 Å². The second-order valence-electron chi connectivity index (χ2n) is 3.83. The fraction of sp³-hybridized carbons (Fsp3) is 0.364. The molecule has 3 nitrogen and oxygen atoms in total. The second-order valence-corrected chi connectivity index (χ2v) is 3.83. The van der Waals surface area contributed by atoms with Crippen LogP contribution in [0.3, 0.4) is 0 Å². The molecule has 1 aromatic rings. The molecule has 0 bridgehead atoms. The van der Waals surface area contributed by atoms with Gasteiger partial charge in [0.25, 0.3) is 0 Å². The summed E-state index contributed by atoms with van der Waals surface area (Å²) in [7, 11) is 1.94. The van der Waals surface area contributed by atoms with Gasteiger partial charge in [-0.15, -0.1) is 0 Å². The van der Waals surface area contributed by atoms with Crippen LogP contribution >= 0.6 is 0 Å². The zero-order valence-electron chi connectivity index (χ0n) is 8.32. The number of fused-ring (bicyclic) bond motifs is 1. The van der Waals surface area contributed by atoms with Crippen LogP contribution in [0.2, 0.25) is 0 Å². The lowest BCUT2D eigenvalue weighted by Gasteiger charge is -2.14. The molecule has 14 heavy (non-hydrogen) atoms. The van der Waals surface area contributed by atoms with E-state index in [4.69, 9.17) is 5.11 Å². The van der Waals surface area contributed by atoms with E-state index in [1.165, 1.54) is 0 Å². The monoisotopic (exact) mass is 191 g/mol. The predicted octanol–water partition coefficient (Wildman–Crippen LogP) is 1.94. The van der Waals surface area contributed by atoms with Gasteiger partial charge in [-0.2, -0.15) is 0 Å². The molecule has 0 aromatic heterocycles. The van der Waals surface area contributed by atoms with Crippen LogP contribution in [0.25, 0.3) is 0 Å². The van der Waals surface area contributed by atoms with Crippen LogP contribution in [0.1, 0.15) is 28.8 Å². The Hall–Kier alpha value is -1.51. The van der Waals surface area contributed by atoms with Crippen molar-refractivity contribution >= 4 is 11.7 Å². The normalized spacial score (nSPS) is 19.6. The van der Waals surface area contributed by atoms with Gasteiger partial charge in [-0.3, -0.25) is 0 Å². The molecule has 0 saturated carbocycles. The lowest BCUT2D eigenvalue weighted by Crippen LogP contribution is -2.16. The van der Waals surface area contributed by atoms with Gasteiger partial charge in [0.2, 0.25) is 0 Å². The Kier molecular flexibility index (Phi) is 1.95. The van der Waals surface area contributed by atoms with E-state index in [-0.39, 0.29) is 0 Å². The van der Waals surface area contributed by atoms with Crippen LogP contribution in [-0.4, -0.2) is 24.7 Å². The number of carbonyl (C=O) groups is 1. The summed E-state index contributed by atoms with van der Waals surface area (Å²) < 4.78 is 0. The van der Waals surface area contributed by atoms with Crippen molar-refractivity contribution in [2.75, 3.05) is 18.5 Å². The summed E-state index contributed by atoms with van der Waals surface area (Å²) >= 11 is 0. The average Bonchev–Trinajstić information content (AvgIpc) is 2.43. The van der Waals surface area contributed by atoms with E-state index in [2.05, 4.69) is 6.92 Å².